The maximum atomic E-state index is 10.1. The first-order valence-corrected chi connectivity index (χ1v) is 7.02. The Morgan fingerprint density at radius 3 is 2.52 bits per heavy atom. The van der Waals surface area contributed by atoms with Crippen LogP contribution in [0, 0.1) is 0 Å². The second kappa shape index (κ2) is 10.4. The topological polar surface area (TPSA) is 80.2 Å². The van der Waals surface area contributed by atoms with Crippen molar-refractivity contribution in [2.45, 2.75) is 12.5 Å². The van der Waals surface area contributed by atoms with E-state index in [1.807, 2.05) is 6.07 Å². The number of ether oxygens (including phenoxy) is 3. The minimum Gasteiger partial charge on any atom is -0.493 e. The highest BCUT2D eigenvalue weighted by molar-refractivity contribution is 5.43. The lowest BCUT2D eigenvalue weighted by molar-refractivity contribution is 0.0930. The van der Waals surface area contributed by atoms with E-state index in [1.54, 1.807) is 26.4 Å². The Kier molecular flexibility index (Phi) is 8.77. The number of hydrogen-bond donors (Lipinski definition) is 3. The molecule has 0 fully saturated rings. The Hall–Kier alpha value is -1.34. The van der Waals surface area contributed by atoms with Crippen molar-refractivity contribution in [2.75, 3.05) is 47.1 Å². The normalized spacial score (nSPS) is 12.2. The molecule has 0 radical (unpaired) electrons. The summed E-state index contributed by atoms with van der Waals surface area (Å²) in [6.07, 6.45) is 0.0332. The molecule has 0 saturated carbocycles. The van der Waals surface area contributed by atoms with Gasteiger partial charge in [0.2, 0.25) is 0 Å². The molecular weight excluding hydrogens is 274 g/mol. The quantitative estimate of drug-likeness (QED) is 0.523. The van der Waals surface area contributed by atoms with Gasteiger partial charge < -0.3 is 29.7 Å². The first-order valence-electron chi connectivity index (χ1n) is 7.02. The molecule has 1 atom stereocenters. The van der Waals surface area contributed by atoms with Crippen LogP contribution in [0.5, 0.6) is 11.5 Å². The number of rotatable bonds is 11. The van der Waals surface area contributed by atoms with Crippen LogP contribution in [0.3, 0.4) is 0 Å². The van der Waals surface area contributed by atoms with Crippen LogP contribution in [0.1, 0.15) is 18.1 Å². The molecule has 1 aromatic carbocycles. The Labute approximate surface area is 125 Å². The van der Waals surface area contributed by atoms with Gasteiger partial charge >= 0.3 is 0 Å². The Bertz CT molecular complexity index is 400. The molecule has 1 aromatic rings. The van der Waals surface area contributed by atoms with Gasteiger partial charge in [0.1, 0.15) is 0 Å². The highest BCUT2D eigenvalue weighted by Crippen LogP contribution is 2.30. The van der Waals surface area contributed by atoms with Crippen LogP contribution in [-0.4, -0.2) is 57.3 Å². The van der Waals surface area contributed by atoms with E-state index in [0.29, 0.717) is 44.2 Å². The molecule has 6 nitrogen and oxygen atoms in total. The van der Waals surface area contributed by atoms with Gasteiger partial charge in [0.15, 0.2) is 11.5 Å². The van der Waals surface area contributed by atoms with E-state index in [9.17, 15) is 5.11 Å². The fourth-order valence-corrected chi connectivity index (χ4v) is 1.90. The maximum Gasteiger partial charge on any atom is 0.161 e. The highest BCUT2D eigenvalue weighted by atomic mass is 16.5. The van der Waals surface area contributed by atoms with E-state index >= 15 is 0 Å². The fraction of sp³-hybridized carbons (Fsp3) is 0.600. The van der Waals surface area contributed by atoms with Crippen molar-refractivity contribution < 1.29 is 24.4 Å². The molecule has 3 N–H and O–H groups in total. The van der Waals surface area contributed by atoms with E-state index < -0.39 is 6.10 Å². The van der Waals surface area contributed by atoms with Crippen LogP contribution >= 0.6 is 0 Å². The number of benzene rings is 1. The van der Waals surface area contributed by atoms with Gasteiger partial charge in [-0.1, -0.05) is 6.07 Å². The van der Waals surface area contributed by atoms with Crippen LogP contribution in [0.15, 0.2) is 18.2 Å². The molecule has 0 aliphatic heterocycles. The third kappa shape index (κ3) is 6.31. The van der Waals surface area contributed by atoms with E-state index in [-0.39, 0.29) is 6.61 Å². The largest absolute Gasteiger partial charge is 0.493 e. The van der Waals surface area contributed by atoms with Crippen LogP contribution in [0.4, 0.5) is 0 Å². The lowest BCUT2D eigenvalue weighted by Crippen LogP contribution is -2.22. The molecule has 0 amide bonds. The van der Waals surface area contributed by atoms with E-state index in [0.717, 1.165) is 5.56 Å². The fourth-order valence-electron chi connectivity index (χ4n) is 1.90. The van der Waals surface area contributed by atoms with Crippen LogP contribution in [0.25, 0.3) is 0 Å². The predicted octanol–water partition coefficient (Wildman–Crippen LogP) is 0.726. The molecule has 0 aromatic heterocycles. The second-order valence-electron chi connectivity index (χ2n) is 4.50. The number of aliphatic hydroxyl groups excluding tert-OH is 2. The van der Waals surface area contributed by atoms with Gasteiger partial charge in [-0.05, 0) is 30.7 Å². The summed E-state index contributed by atoms with van der Waals surface area (Å²) >= 11 is 0. The lowest BCUT2D eigenvalue weighted by atomic mass is 10.1. The van der Waals surface area contributed by atoms with Crippen molar-refractivity contribution in [3.8, 4) is 11.5 Å². The molecule has 1 unspecified atom stereocenters. The Balaban J connectivity index is 2.33. The molecule has 0 saturated heterocycles. The summed E-state index contributed by atoms with van der Waals surface area (Å²) in [7, 11) is 3.15. The summed E-state index contributed by atoms with van der Waals surface area (Å²) in [6, 6.07) is 5.40. The highest BCUT2D eigenvalue weighted by Gasteiger charge is 2.11. The summed E-state index contributed by atoms with van der Waals surface area (Å²) < 4.78 is 15.5. The summed E-state index contributed by atoms with van der Waals surface area (Å²) in [4.78, 5) is 0. The van der Waals surface area contributed by atoms with Gasteiger partial charge in [-0.15, -0.1) is 0 Å². The molecule has 0 aliphatic rings. The summed E-state index contributed by atoms with van der Waals surface area (Å²) in [5.41, 5.74) is 0.797. The van der Waals surface area contributed by atoms with Crippen molar-refractivity contribution in [2.24, 2.45) is 0 Å². The van der Waals surface area contributed by atoms with Crippen molar-refractivity contribution in [1.29, 1.82) is 0 Å². The van der Waals surface area contributed by atoms with E-state index in [2.05, 4.69) is 5.32 Å². The van der Waals surface area contributed by atoms with Gasteiger partial charge in [-0.25, -0.2) is 0 Å². The molecule has 120 valence electrons. The smallest absolute Gasteiger partial charge is 0.161 e. The minimum absolute atomic E-state index is 0.0397. The van der Waals surface area contributed by atoms with Gasteiger partial charge in [0.25, 0.3) is 0 Å². The average Bonchev–Trinajstić information content (AvgIpc) is 2.53. The van der Waals surface area contributed by atoms with E-state index in [1.165, 1.54) is 0 Å². The molecule has 0 heterocycles. The zero-order valence-corrected chi connectivity index (χ0v) is 12.7. The number of methoxy groups -OCH3 is 2. The first kappa shape index (κ1) is 17.7. The number of nitrogens with one attached hydrogen (secondary N) is 1. The third-order valence-corrected chi connectivity index (χ3v) is 3.05. The van der Waals surface area contributed by atoms with Crippen molar-refractivity contribution in [1.82, 2.24) is 5.32 Å². The van der Waals surface area contributed by atoms with Gasteiger partial charge in [-0.2, -0.15) is 0 Å². The van der Waals surface area contributed by atoms with Crippen molar-refractivity contribution >= 4 is 0 Å². The first-order chi connectivity index (χ1) is 10.2. The van der Waals surface area contributed by atoms with Crippen LogP contribution in [0.2, 0.25) is 0 Å². The third-order valence-electron chi connectivity index (χ3n) is 3.05. The maximum absolute atomic E-state index is 10.1. The zero-order chi connectivity index (χ0) is 15.5. The van der Waals surface area contributed by atoms with Gasteiger partial charge in [0.05, 0.1) is 40.1 Å². The lowest BCUT2D eigenvalue weighted by Gasteiger charge is -2.14. The van der Waals surface area contributed by atoms with E-state index in [4.69, 9.17) is 19.3 Å². The Morgan fingerprint density at radius 2 is 1.86 bits per heavy atom. The monoisotopic (exact) mass is 299 g/mol. The summed E-state index contributed by atoms with van der Waals surface area (Å²) in [5, 5.41) is 21.9. The number of hydrogen-bond acceptors (Lipinski definition) is 6. The molecule has 21 heavy (non-hydrogen) atoms. The van der Waals surface area contributed by atoms with Crippen LogP contribution < -0.4 is 14.8 Å². The summed E-state index contributed by atoms with van der Waals surface area (Å²) in [5.74, 6) is 1.26. The molecule has 6 heteroatoms. The molecular formula is C15H25NO5. The second-order valence-corrected chi connectivity index (χ2v) is 4.50. The predicted molar refractivity (Wildman–Crippen MR) is 79.9 cm³/mol. The molecule has 0 bridgehead atoms. The molecule has 0 spiro atoms. The van der Waals surface area contributed by atoms with Crippen molar-refractivity contribution in [3.05, 3.63) is 23.8 Å². The molecule has 0 aliphatic carbocycles. The zero-order valence-electron chi connectivity index (χ0n) is 12.7. The average molecular weight is 299 g/mol. The number of aliphatic hydroxyl groups is 2. The van der Waals surface area contributed by atoms with Crippen molar-refractivity contribution in [3.63, 3.8) is 0 Å². The molecule has 1 rings (SSSR count). The SMILES string of the molecule is COc1ccc(C(O)CCNCCOCCO)cc1OC. The minimum atomic E-state index is -0.560. The standard InChI is InChI=1S/C15H25NO5/c1-19-14-4-3-12(11-15(14)20-2)13(18)5-6-16-7-9-21-10-8-17/h3-4,11,13,16-18H,5-10H2,1-2H3. The Morgan fingerprint density at radius 1 is 1.10 bits per heavy atom. The van der Waals surface area contributed by atoms with Gasteiger partial charge in [0, 0.05) is 6.54 Å². The van der Waals surface area contributed by atoms with Crippen LogP contribution in [-0.2, 0) is 4.74 Å². The van der Waals surface area contributed by atoms with Gasteiger partial charge in [-0.3, -0.25) is 0 Å². The summed E-state index contributed by atoms with van der Waals surface area (Å²) in [6.45, 7) is 2.32.